The van der Waals surface area contributed by atoms with Crippen molar-refractivity contribution in [2.75, 3.05) is 6.61 Å². The predicted molar refractivity (Wildman–Crippen MR) is 72.9 cm³/mol. The molecule has 1 aliphatic rings. The quantitative estimate of drug-likeness (QED) is 0.534. The van der Waals surface area contributed by atoms with Crippen LogP contribution in [0.1, 0.15) is 32.6 Å². The summed E-state index contributed by atoms with van der Waals surface area (Å²) in [6.45, 7) is 5.02. The zero-order valence-electron chi connectivity index (χ0n) is 12.4. The van der Waals surface area contributed by atoms with Crippen molar-refractivity contribution in [1.82, 2.24) is 9.55 Å². The number of rotatable bonds is 2. The molecule has 118 valence electrons. The van der Waals surface area contributed by atoms with Gasteiger partial charge in [0.05, 0.1) is 6.61 Å². The molecule has 0 bridgehead atoms. The highest BCUT2D eigenvalue weighted by molar-refractivity contribution is 5.15. The molecule has 1 aliphatic heterocycles. The molecule has 0 radical (unpaired) electrons. The molecule has 1 saturated heterocycles. The van der Waals surface area contributed by atoms with Crippen LogP contribution in [0.3, 0.4) is 0 Å². The maximum absolute atomic E-state index is 11.9. The number of aliphatic hydroxyl groups excluding tert-OH is 1. The minimum Gasteiger partial charge on any atom is -0.393 e. The fraction of sp³-hybridized carbons (Fsp3) is 0.692. The van der Waals surface area contributed by atoms with Crippen LogP contribution in [0.5, 0.6) is 0 Å². The standard InChI is InChI=1S/C13H20N2O6/c1-7-5-15(10(18)14-8(7)17)9-12(3,19)13(4,20)11(2,6-16)21-9/h5,9,16,19-20H,6H2,1-4H3,(H,14,17,18)/t9-,11-,12?,13+/m1/s1. The van der Waals surface area contributed by atoms with Crippen molar-refractivity contribution >= 4 is 0 Å². The molecule has 0 spiro atoms. The Morgan fingerprint density at radius 2 is 1.90 bits per heavy atom. The van der Waals surface area contributed by atoms with E-state index in [0.717, 1.165) is 4.57 Å². The number of nitrogens with zero attached hydrogens (tertiary/aromatic N) is 1. The van der Waals surface area contributed by atoms with Crippen LogP contribution >= 0.6 is 0 Å². The normalized spacial score (nSPS) is 39.7. The minimum absolute atomic E-state index is 0.256. The molecule has 2 rings (SSSR count). The van der Waals surface area contributed by atoms with E-state index in [9.17, 15) is 24.9 Å². The lowest BCUT2D eigenvalue weighted by Gasteiger charge is -2.39. The first-order valence-corrected chi connectivity index (χ1v) is 6.53. The highest BCUT2D eigenvalue weighted by Crippen LogP contribution is 2.50. The van der Waals surface area contributed by atoms with Crippen molar-refractivity contribution in [1.29, 1.82) is 0 Å². The summed E-state index contributed by atoms with van der Waals surface area (Å²) >= 11 is 0. The smallest absolute Gasteiger partial charge is 0.330 e. The number of aliphatic hydroxyl groups is 3. The van der Waals surface area contributed by atoms with Crippen molar-refractivity contribution in [3.05, 3.63) is 32.6 Å². The number of ether oxygens (including phenoxy) is 1. The average molecular weight is 300 g/mol. The Kier molecular flexibility index (Phi) is 3.41. The van der Waals surface area contributed by atoms with E-state index >= 15 is 0 Å². The fourth-order valence-electron chi connectivity index (χ4n) is 2.53. The molecule has 8 heteroatoms. The van der Waals surface area contributed by atoms with E-state index < -0.39 is 40.9 Å². The summed E-state index contributed by atoms with van der Waals surface area (Å²) < 4.78 is 6.59. The molecular weight excluding hydrogens is 280 g/mol. The Balaban J connectivity index is 2.64. The van der Waals surface area contributed by atoms with Gasteiger partial charge in [0, 0.05) is 11.8 Å². The van der Waals surface area contributed by atoms with E-state index in [1.54, 1.807) is 0 Å². The minimum atomic E-state index is -1.86. The highest BCUT2D eigenvalue weighted by atomic mass is 16.6. The Labute approximate surface area is 120 Å². The summed E-state index contributed by atoms with van der Waals surface area (Å²) in [5.74, 6) is 0. The lowest BCUT2D eigenvalue weighted by molar-refractivity contribution is -0.162. The van der Waals surface area contributed by atoms with Gasteiger partial charge in [-0.2, -0.15) is 0 Å². The van der Waals surface area contributed by atoms with Crippen molar-refractivity contribution in [3.63, 3.8) is 0 Å². The van der Waals surface area contributed by atoms with Crippen molar-refractivity contribution in [2.24, 2.45) is 0 Å². The van der Waals surface area contributed by atoms with Crippen LogP contribution in [0.4, 0.5) is 0 Å². The molecule has 2 heterocycles. The van der Waals surface area contributed by atoms with Gasteiger partial charge >= 0.3 is 5.69 Å². The third kappa shape index (κ3) is 1.98. The van der Waals surface area contributed by atoms with Crippen molar-refractivity contribution < 1.29 is 20.1 Å². The van der Waals surface area contributed by atoms with E-state index in [0.29, 0.717) is 0 Å². The van der Waals surface area contributed by atoms with Crippen molar-refractivity contribution in [3.8, 4) is 0 Å². The van der Waals surface area contributed by atoms with Crippen LogP contribution in [-0.2, 0) is 4.74 Å². The molecule has 4 atom stereocenters. The van der Waals surface area contributed by atoms with Gasteiger partial charge in [-0.3, -0.25) is 14.3 Å². The summed E-state index contributed by atoms with van der Waals surface area (Å²) in [5, 5.41) is 30.7. The molecule has 1 aromatic heterocycles. The van der Waals surface area contributed by atoms with Gasteiger partial charge in [0.1, 0.15) is 16.8 Å². The Morgan fingerprint density at radius 3 is 2.38 bits per heavy atom. The molecule has 1 unspecified atom stereocenters. The lowest BCUT2D eigenvalue weighted by Crippen LogP contribution is -2.60. The second kappa shape index (κ2) is 4.51. The first-order chi connectivity index (χ1) is 9.48. The predicted octanol–water partition coefficient (Wildman–Crippen LogP) is -1.37. The van der Waals surface area contributed by atoms with Crippen LogP contribution in [0.15, 0.2) is 15.8 Å². The molecule has 0 amide bonds. The van der Waals surface area contributed by atoms with Crippen molar-refractivity contribution in [2.45, 2.75) is 50.7 Å². The number of hydrogen-bond acceptors (Lipinski definition) is 6. The maximum atomic E-state index is 11.9. The highest BCUT2D eigenvalue weighted by Gasteiger charge is 2.67. The average Bonchev–Trinajstić information content (AvgIpc) is 2.52. The van der Waals surface area contributed by atoms with Crippen LogP contribution in [-0.4, -0.2) is 48.3 Å². The molecule has 0 aromatic carbocycles. The number of hydrogen-bond donors (Lipinski definition) is 4. The molecule has 0 aliphatic carbocycles. The molecule has 21 heavy (non-hydrogen) atoms. The van der Waals surface area contributed by atoms with Gasteiger partial charge in [-0.1, -0.05) is 0 Å². The van der Waals surface area contributed by atoms with Gasteiger partial charge in [0.25, 0.3) is 5.56 Å². The molecule has 1 aromatic rings. The third-order valence-corrected chi connectivity index (χ3v) is 4.57. The molecule has 1 fully saturated rings. The van der Waals surface area contributed by atoms with Gasteiger partial charge in [0.2, 0.25) is 0 Å². The first kappa shape index (κ1) is 15.9. The van der Waals surface area contributed by atoms with Crippen LogP contribution in [0, 0.1) is 6.92 Å². The molecule has 4 N–H and O–H groups in total. The van der Waals surface area contributed by atoms with Gasteiger partial charge in [-0.25, -0.2) is 4.79 Å². The van der Waals surface area contributed by atoms with E-state index in [4.69, 9.17) is 4.74 Å². The largest absolute Gasteiger partial charge is 0.393 e. The van der Waals surface area contributed by atoms with Crippen LogP contribution < -0.4 is 11.2 Å². The fourth-order valence-corrected chi connectivity index (χ4v) is 2.53. The zero-order chi connectivity index (χ0) is 16.2. The number of aromatic amines is 1. The van der Waals surface area contributed by atoms with Gasteiger partial charge in [0.15, 0.2) is 6.23 Å². The second-order valence-corrected chi connectivity index (χ2v) is 6.06. The lowest BCUT2D eigenvalue weighted by atomic mass is 9.76. The summed E-state index contributed by atoms with van der Waals surface area (Å²) in [7, 11) is 0. The Hall–Kier alpha value is -1.48. The maximum Gasteiger partial charge on any atom is 0.330 e. The molecule has 0 saturated carbocycles. The Morgan fingerprint density at radius 1 is 1.33 bits per heavy atom. The summed E-state index contributed by atoms with van der Waals surface area (Å²) in [6.07, 6.45) is -0.00726. The first-order valence-electron chi connectivity index (χ1n) is 6.53. The third-order valence-electron chi connectivity index (χ3n) is 4.57. The molecule has 8 nitrogen and oxygen atoms in total. The Bertz CT molecular complexity index is 674. The van der Waals surface area contributed by atoms with Crippen LogP contribution in [0.25, 0.3) is 0 Å². The summed E-state index contributed by atoms with van der Waals surface area (Å²) in [6, 6.07) is 0. The SMILES string of the molecule is Cc1cn([C@@H]2O[C@](C)(CO)[C@](C)(O)C2(C)O)c(=O)[nH]c1=O. The number of nitrogens with one attached hydrogen (secondary N) is 1. The topological polar surface area (TPSA) is 125 Å². The van der Waals surface area contributed by atoms with Gasteiger partial charge in [-0.05, 0) is 27.7 Å². The van der Waals surface area contributed by atoms with Gasteiger partial charge < -0.3 is 20.1 Å². The second-order valence-electron chi connectivity index (χ2n) is 6.06. The zero-order valence-corrected chi connectivity index (χ0v) is 12.4. The monoisotopic (exact) mass is 300 g/mol. The summed E-state index contributed by atoms with van der Waals surface area (Å²) in [4.78, 5) is 25.5. The van der Waals surface area contributed by atoms with E-state index in [-0.39, 0.29) is 5.56 Å². The van der Waals surface area contributed by atoms with E-state index in [1.807, 2.05) is 0 Å². The number of H-pyrrole nitrogens is 1. The van der Waals surface area contributed by atoms with E-state index in [1.165, 1.54) is 33.9 Å². The summed E-state index contributed by atoms with van der Waals surface area (Å²) in [5.41, 5.74) is -6.20. The van der Waals surface area contributed by atoms with Crippen LogP contribution in [0.2, 0.25) is 0 Å². The number of aromatic nitrogens is 2. The van der Waals surface area contributed by atoms with Gasteiger partial charge in [-0.15, -0.1) is 0 Å². The number of aryl methyl sites for hydroxylation is 1. The molecular formula is C13H20N2O6. The van der Waals surface area contributed by atoms with E-state index in [2.05, 4.69) is 4.98 Å².